The van der Waals surface area contributed by atoms with Crippen LogP contribution in [0.5, 0.6) is 0 Å². The average Bonchev–Trinajstić information content (AvgIpc) is 3.01. The van der Waals surface area contributed by atoms with Crippen molar-refractivity contribution in [2.45, 2.75) is 0 Å². The van der Waals surface area contributed by atoms with E-state index in [2.05, 4.69) is 5.32 Å². The van der Waals surface area contributed by atoms with Crippen molar-refractivity contribution in [1.82, 2.24) is 0 Å². The molecule has 0 bridgehead atoms. The quantitative estimate of drug-likeness (QED) is 0.518. The van der Waals surface area contributed by atoms with Crippen LogP contribution in [-0.4, -0.2) is 23.4 Å². The molecule has 9 heteroatoms. The number of hydrogen-bond acceptors (Lipinski definition) is 6. The van der Waals surface area contributed by atoms with Crippen molar-refractivity contribution in [3.05, 3.63) is 56.5 Å². The van der Waals surface area contributed by atoms with E-state index in [0.29, 0.717) is 4.88 Å². The molecule has 1 aromatic carbocycles. The molecule has 0 aliphatic heterocycles. The maximum atomic E-state index is 13.1. The zero-order chi connectivity index (χ0) is 16.1. The molecule has 0 atom stereocenters. The van der Waals surface area contributed by atoms with Gasteiger partial charge >= 0.3 is 11.7 Å². The molecule has 0 aliphatic carbocycles. The lowest BCUT2D eigenvalue weighted by Crippen LogP contribution is -2.20. The van der Waals surface area contributed by atoms with Crippen LogP contribution in [-0.2, 0) is 9.53 Å². The molecule has 0 spiro atoms. The smallest absolute Gasteiger partial charge is 0.348 e. The van der Waals surface area contributed by atoms with Crippen molar-refractivity contribution in [3.63, 3.8) is 0 Å². The highest BCUT2D eigenvalue weighted by Gasteiger charge is 2.16. The summed E-state index contributed by atoms with van der Waals surface area (Å²) in [7, 11) is 0. The SMILES string of the molecule is O=C(COC(=O)c1cccs1)Nc1ccc(F)c([N+](=O)[O-])c1. The molecule has 0 aliphatic rings. The molecule has 1 aromatic heterocycles. The number of benzene rings is 1. The number of amides is 1. The standard InChI is InChI=1S/C13H9FN2O5S/c14-9-4-3-8(6-10(9)16(19)20)15-12(17)7-21-13(18)11-2-1-5-22-11/h1-6H,7H2,(H,15,17). The fourth-order valence-corrected chi connectivity index (χ4v) is 2.14. The predicted octanol–water partition coefficient (Wildman–Crippen LogP) is 2.59. The van der Waals surface area contributed by atoms with Gasteiger partial charge in [-0.2, -0.15) is 4.39 Å². The Bertz CT molecular complexity index is 717. The first-order valence-corrected chi connectivity index (χ1v) is 6.80. The van der Waals surface area contributed by atoms with Crippen LogP contribution in [0.3, 0.4) is 0 Å². The maximum Gasteiger partial charge on any atom is 0.348 e. The molecule has 0 saturated heterocycles. The average molecular weight is 324 g/mol. The Morgan fingerprint density at radius 1 is 1.36 bits per heavy atom. The molecule has 0 saturated carbocycles. The minimum Gasteiger partial charge on any atom is -0.451 e. The van der Waals surface area contributed by atoms with Crippen LogP contribution in [0.15, 0.2) is 35.7 Å². The Kier molecular flexibility index (Phi) is 4.79. The maximum absolute atomic E-state index is 13.1. The Balaban J connectivity index is 1.93. The highest BCUT2D eigenvalue weighted by atomic mass is 32.1. The molecule has 0 fully saturated rings. The fraction of sp³-hybridized carbons (Fsp3) is 0.0769. The number of nitrogens with one attached hydrogen (secondary N) is 1. The number of nitro benzene ring substituents is 1. The van der Waals surface area contributed by atoms with Gasteiger partial charge in [-0.15, -0.1) is 11.3 Å². The minimum atomic E-state index is -1.01. The molecule has 1 heterocycles. The second kappa shape index (κ2) is 6.76. The lowest BCUT2D eigenvalue weighted by Gasteiger charge is -2.06. The van der Waals surface area contributed by atoms with E-state index in [0.717, 1.165) is 12.1 Å². The van der Waals surface area contributed by atoms with Crippen LogP contribution < -0.4 is 5.32 Å². The number of halogens is 1. The molecule has 2 rings (SSSR count). The molecule has 114 valence electrons. The third kappa shape index (κ3) is 3.85. The summed E-state index contributed by atoms with van der Waals surface area (Å²) in [6.07, 6.45) is 0. The minimum absolute atomic E-state index is 0.0327. The normalized spacial score (nSPS) is 10.0. The van der Waals surface area contributed by atoms with Crippen molar-refractivity contribution in [2.24, 2.45) is 0 Å². The summed E-state index contributed by atoms with van der Waals surface area (Å²) in [5, 5.41) is 14.6. The summed E-state index contributed by atoms with van der Waals surface area (Å²) in [5.74, 6) is -2.34. The van der Waals surface area contributed by atoms with E-state index >= 15 is 0 Å². The zero-order valence-corrected chi connectivity index (χ0v) is 11.8. The van der Waals surface area contributed by atoms with E-state index < -0.39 is 34.9 Å². The Labute approximate surface area is 127 Å². The number of nitro groups is 1. The van der Waals surface area contributed by atoms with E-state index in [1.54, 1.807) is 17.5 Å². The number of carbonyl (C=O) groups excluding carboxylic acids is 2. The van der Waals surface area contributed by atoms with Gasteiger partial charge in [-0.05, 0) is 23.6 Å². The van der Waals surface area contributed by atoms with Crippen LogP contribution in [0.4, 0.5) is 15.8 Å². The predicted molar refractivity (Wildman–Crippen MR) is 76.3 cm³/mol. The van der Waals surface area contributed by atoms with Gasteiger partial charge in [-0.1, -0.05) is 6.07 Å². The first kappa shape index (κ1) is 15.6. The molecular formula is C13H9FN2O5S. The molecule has 1 amide bonds. The van der Waals surface area contributed by atoms with Crippen LogP contribution >= 0.6 is 11.3 Å². The zero-order valence-electron chi connectivity index (χ0n) is 10.9. The number of esters is 1. The number of ether oxygens (including phenoxy) is 1. The highest BCUT2D eigenvalue weighted by Crippen LogP contribution is 2.21. The summed E-state index contributed by atoms with van der Waals surface area (Å²) < 4.78 is 17.9. The first-order chi connectivity index (χ1) is 10.5. The first-order valence-electron chi connectivity index (χ1n) is 5.92. The number of thiophene rings is 1. The van der Waals surface area contributed by atoms with E-state index in [1.807, 2.05) is 0 Å². The van der Waals surface area contributed by atoms with Gasteiger partial charge in [0.05, 0.1) is 4.92 Å². The highest BCUT2D eigenvalue weighted by molar-refractivity contribution is 7.11. The van der Waals surface area contributed by atoms with Crippen molar-refractivity contribution in [3.8, 4) is 0 Å². The Hall–Kier alpha value is -2.81. The van der Waals surface area contributed by atoms with Crippen molar-refractivity contribution in [1.29, 1.82) is 0 Å². The van der Waals surface area contributed by atoms with Gasteiger partial charge in [0.25, 0.3) is 5.91 Å². The van der Waals surface area contributed by atoms with Gasteiger partial charge in [0.2, 0.25) is 5.82 Å². The molecule has 0 radical (unpaired) electrons. The number of nitrogens with zero attached hydrogens (tertiary/aromatic N) is 1. The van der Waals surface area contributed by atoms with Crippen molar-refractivity contribution in [2.75, 3.05) is 11.9 Å². The van der Waals surface area contributed by atoms with Crippen molar-refractivity contribution < 1.29 is 23.6 Å². The molecule has 7 nitrogen and oxygen atoms in total. The monoisotopic (exact) mass is 324 g/mol. The summed E-state index contributed by atoms with van der Waals surface area (Å²) in [6, 6.07) is 6.13. The summed E-state index contributed by atoms with van der Waals surface area (Å²) in [5.41, 5.74) is -0.723. The molecular weight excluding hydrogens is 315 g/mol. The van der Waals surface area contributed by atoms with E-state index in [4.69, 9.17) is 4.74 Å². The third-order valence-corrected chi connectivity index (χ3v) is 3.33. The Morgan fingerprint density at radius 2 is 2.14 bits per heavy atom. The van der Waals surface area contributed by atoms with E-state index in [-0.39, 0.29) is 5.69 Å². The van der Waals surface area contributed by atoms with Gasteiger partial charge in [0.15, 0.2) is 6.61 Å². The number of carbonyl (C=O) groups is 2. The van der Waals surface area contributed by atoms with Gasteiger partial charge in [0, 0.05) is 11.8 Å². The second-order valence-corrected chi connectivity index (χ2v) is 4.97. The van der Waals surface area contributed by atoms with E-state index in [1.165, 1.54) is 17.4 Å². The number of anilines is 1. The number of rotatable bonds is 5. The topological polar surface area (TPSA) is 98.5 Å². The van der Waals surface area contributed by atoms with Crippen LogP contribution in [0.25, 0.3) is 0 Å². The fourth-order valence-electron chi connectivity index (χ4n) is 1.52. The molecule has 2 aromatic rings. The van der Waals surface area contributed by atoms with E-state index in [9.17, 15) is 24.1 Å². The lowest BCUT2D eigenvalue weighted by atomic mass is 10.2. The van der Waals surface area contributed by atoms with Gasteiger partial charge in [0.1, 0.15) is 4.88 Å². The van der Waals surface area contributed by atoms with Gasteiger partial charge < -0.3 is 10.1 Å². The summed E-state index contributed by atoms with van der Waals surface area (Å²) in [4.78, 5) is 33.2. The number of hydrogen-bond donors (Lipinski definition) is 1. The largest absolute Gasteiger partial charge is 0.451 e. The van der Waals surface area contributed by atoms with Crippen LogP contribution in [0, 0.1) is 15.9 Å². The summed E-state index contributed by atoms with van der Waals surface area (Å²) in [6.45, 7) is -0.554. The molecule has 1 N–H and O–H groups in total. The third-order valence-electron chi connectivity index (χ3n) is 2.48. The van der Waals surface area contributed by atoms with Crippen LogP contribution in [0.1, 0.15) is 9.67 Å². The van der Waals surface area contributed by atoms with Gasteiger partial charge in [-0.3, -0.25) is 14.9 Å². The summed E-state index contributed by atoms with van der Waals surface area (Å²) >= 11 is 1.17. The lowest BCUT2D eigenvalue weighted by molar-refractivity contribution is -0.387. The van der Waals surface area contributed by atoms with Crippen molar-refractivity contribution >= 4 is 34.6 Å². The Morgan fingerprint density at radius 3 is 2.77 bits per heavy atom. The van der Waals surface area contributed by atoms with Crippen LogP contribution in [0.2, 0.25) is 0 Å². The molecule has 22 heavy (non-hydrogen) atoms. The van der Waals surface area contributed by atoms with Gasteiger partial charge in [-0.25, -0.2) is 4.79 Å². The second-order valence-electron chi connectivity index (χ2n) is 4.02. The molecule has 0 unspecified atom stereocenters.